The molecule has 3 N–H and O–H groups in total. The van der Waals surface area contributed by atoms with Crippen LogP contribution in [0.4, 0.5) is 11.8 Å². The molecule has 0 unspecified atom stereocenters. The number of hydrogen-bond acceptors (Lipinski definition) is 7. The number of nitrogens with zero attached hydrogens (tertiary/aromatic N) is 2. The van der Waals surface area contributed by atoms with Crippen molar-refractivity contribution < 1.29 is 14.2 Å². The number of nitrogen functional groups attached to an aromatic ring is 1. The highest BCUT2D eigenvalue weighted by molar-refractivity contribution is 5.42. The van der Waals surface area contributed by atoms with E-state index < -0.39 is 0 Å². The van der Waals surface area contributed by atoms with E-state index in [1.807, 2.05) is 0 Å². The molecule has 0 atom stereocenters. The molecule has 1 rings (SSSR count). The van der Waals surface area contributed by atoms with Gasteiger partial charge < -0.3 is 25.3 Å². The zero-order valence-electron chi connectivity index (χ0n) is 12.2. The Bertz CT molecular complexity index is 377. The number of hydrogen-bond donors (Lipinski definition) is 2. The van der Waals surface area contributed by atoms with Crippen molar-refractivity contribution >= 4 is 11.8 Å². The third-order valence-electron chi connectivity index (χ3n) is 2.39. The Morgan fingerprint density at radius 3 is 2.80 bits per heavy atom. The van der Waals surface area contributed by atoms with E-state index in [-0.39, 0.29) is 5.95 Å². The number of methoxy groups -OCH3 is 1. The van der Waals surface area contributed by atoms with Crippen LogP contribution in [0.5, 0.6) is 5.88 Å². The highest BCUT2D eigenvalue weighted by atomic mass is 16.5. The molecule has 20 heavy (non-hydrogen) atoms. The van der Waals surface area contributed by atoms with Gasteiger partial charge in [0.05, 0.1) is 19.8 Å². The molecular formula is C13H24N4O3. The predicted molar refractivity (Wildman–Crippen MR) is 78.0 cm³/mol. The van der Waals surface area contributed by atoms with Gasteiger partial charge >= 0.3 is 0 Å². The topological polar surface area (TPSA) is 91.5 Å². The Labute approximate surface area is 119 Å². The Kier molecular flexibility index (Phi) is 8.41. The fourth-order valence-electron chi connectivity index (χ4n) is 1.44. The summed E-state index contributed by atoms with van der Waals surface area (Å²) in [5, 5.41) is 3.15. The number of aromatic nitrogens is 2. The van der Waals surface area contributed by atoms with E-state index in [0.29, 0.717) is 38.1 Å². The summed E-state index contributed by atoms with van der Waals surface area (Å²) in [6, 6.07) is 1.75. The van der Waals surface area contributed by atoms with Crippen LogP contribution in [0.25, 0.3) is 0 Å². The Hall–Kier alpha value is -1.60. The smallest absolute Gasteiger partial charge is 0.225 e. The molecule has 114 valence electrons. The lowest BCUT2D eigenvalue weighted by Crippen LogP contribution is -2.09. The third-order valence-corrected chi connectivity index (χ3v) is 2.39. The quantitative estimate of drug-likeness (QED) is 0.592. The van der Waals surface area contributed by atoms with Crippen LogP contribution in [-0.2, 0) is 9.47 Å². The minimum atomic E-state index is 0.206. The van der Waals surface area contributed by atoms with Gasteiger partial charge in [-0.15, -0.1) is 0 Å². The zero-order valence-corrected chi connectivity index (χ0v) is 12.2. The fraction of sp³-hybridized carbons (Fsp3) is 0.692. The van der Waals surface area contributed by atoms with Gasteiger partial charge in [-0.2, -0.15) is 9.97 Å². The molecule has 1 aromatic heterocycles. The van der Waals surface area contributed by atoms with Gasteiger partial charge in [0.2, 0.25) is 11.8 Å². The highest BCUT2D eigenvalue weighted by Crippen LogP contribution is 2.14. The predicted octanol–water partition coefficient (Wildman–Crippen LogP) is 1.31. The van der Waals surface area contributed by atoms with Crippen LogP contribution >= 0.6 is 0 Å². The summed E-state index contributed by atoms with van der Waals surface area (Å²) >= 11 is 0. The first-order valence-electron chi connectivity index (χ1n) is 6.84. The van der Waals surface area contributed by atoms with Gasteiger partial charge in [0, 0.05) is 32.7 Å². The lowest BCUT2D eigenvalue weighted by Gasteiger charge is -2.09. The minimum absolute atomic E-state index is 0.206. The van der Waals surface area contributed by atoms with Crippen molar-refractivity contribution in [3.63, 3.8) is 0 Å². The second kappa shape index (κ2) is 10.2. The monoisotopic (exact) mass is 284 g/mol. The van der Waals surface area contributed by atoms with Gasteiger partial charge in [0.15, 0.2) is 0 Å². The van der Waals surface area contributed by atoms with Crippen molar-refractivity contribution in [3.05, 3.63) is 6.07 Å². The van der Waals surface area contributed by atoms with Gasteiger partial charge in [-0.05, 0) is 6.42 Å². The summed E-state index contributed by atoms with van der Waals surface area (Å²) in [6.07, 6.45) is 1.80. The van der Waals surface area contributed by atoms with E-state index in [4.69, 9.17) is 19.9 Å². The van der Waals surface area contributed by atoms with Crippen LogP contribution in [-0.4, -0.2) is 50.1 Å². The molecule has 0 aliphatic heterocycles. The average molecular weight is 284 g/mol. The Morgan fingerprint density at radius 1 is 1.20 bits per heavy atom. The summed E-state index contributed by atoms with van der Waals surface area (Å²) in [4.78, 5) is 8.12. The van der Waals surface area contributed by atoms with Crippen LogP contribution in [0.15, 0.2) is 6.07 Å². The molecule has 1 aromatic rings. The summed E-state index contributed by atoms with van der Waals surface area (Å²) in [6.45, 7) is 5.28. The van der Waals surface area contributed by atoms with Gasteiger partial charge in [-0.1, -0.05) is 6.92 Å². The molecule has 0 radical (unpaired) electrons. The molecule has 0 aliphatic rings. The van der Waals surface area contributed by atoms with Crippen molar-refractivity contribution in [1.82, 2.24) is 9.97 Å². The van der Waals surface area contributed by atoms with E-state index in [1.54, 1.807) is 13.2 Å². The van der Waals surface area contributed by atoms with Crippen LogP contribution < -0.4 is 15.8 Å². The molecule has 0 saturated carbocycles. The number of nitrogens with one attached hydrogen (secondary N) is 1. The molecule has 7 heteroatoms. The van der Waals surface area contributed by atoms with Crippen molar-refractivity contribution in [2.45, 2.75) is 19.8 Å². The first kappa shape index (κ1) is 16.5. The van der Waals surface area contributed by atoms with Gasteiger partial charge in [0.25, 0.3) is 0 Å². The third kappa shape index (κ3) is 7.10. The first-order valence-corrected chi connectivity index (χ1v) is 6.84. The second-order valence-corrected chi connectivity index (χ2v) is 4.18. The van der Waals surface area contributed by atoms with Gasteiger partial charge in [0.1, 0.15) is 5.82 Å². The van der Waals surface area contributed by atoms with Gasteiger partial charge in [-0.3, -0.25) is 0 Å². The summed E-state index contributed by atoms with van der Waals surface area (Å²) in [5.41, 5.74) is 5.64. The molecule has 1 heterocycles. The highest BCUT2D eigenvalue weighted by Gasteiger charge is 2.03. The molecule has 0 aromatic carbocycles. The number of ether oxygens (including phenoxy) is 3. The second-order valence-electron chi connectivity index (χ2n) is 4.18. The number of anilines is 2. The number of rotatable bonds is 11. The molecule has 0 spiro atoms. The van der Waals surface area contributed by atoms with Crippen molar-refractivity contribution in [1.29, 1.82) is 0 Å². The summed E-state index contributed by atoms with van der Waals surface area (Å²) in [7, 11) is 1.65. The van der Waals surface area contributed by atoms with Gasteiger partial charge in [-0.25, -0.2) is 0 Å². The Balaban J connectivity index is 2.26. The standard InChI is InChI=1S/C13H24N4O3/c1-3-5-15-11-10-12(17-13(14)16-11)20-7-4-6-19-9-8-18-2/h10H,3-9H2,1-2H3,(H3,14,15,16,17). The molecule has 0 amide bonds. The largest absolute Gasteiger partial charge is 0.477 e. The number of nitrogens with two attached hydrogens (primary N) is 1. The molecule has 0 fully saturated rings. The minimum Gasteiger partial charge on any atom is -0.477 e. The van der Waals surface area contributed by atoms with Crippen molar-refractivity contribution in [2.75, 3.05) is 51.1 Å². The van der Waals surface area contributed by atoms with E-state index in [2.05, 4.69) is 22.2 Å². The maximum atomic E-state index is 5.64. The maximum Gasteiger partial charge on any atom is 0.225 e. The Morgan fingerprint density at radius 2 is 2.05 bits per heavy atom. The maximum absolute atomic E-state index is 5.64. The molecule has 7 nitrogen and oxygen atoms in total. The van der Waals surface area contributed by atoms with E-state index in [1.165, 1.54) is 0 Å². The normalized spacial score (nSPS) is 10.5. The lowest BCUT2D eigenvalue weighted by atomic mass is 10.4. The van der Waals surface area contributed by atoms with E-state index in [0.717, 1.165) is 19.4 Å². The molecule has 0 saturated heterocycles. The fourth-order valence-corrected chi connectivity index (χ4v) is 1.44. The van der Waals surface area contributed by atoms with Crippen molar-refractivity contribution in [3.8, 4) is 5.88 Å². The first-order chi connectivity index (χ1) is 9.76. The van der Waals surface area contributed by atoms with Crippen molar-refractivity contribution in [2.24, 2.45) is 0 Å². The zero-order chi connectivity index (χ0) is 14.6. The van der Waals surface area contributed by atoms with Crippen LogP contribution in [0, 0.1) is 0 Å². The van der Waals surface area contributed by atoms with Crippen LogP contribution in [0.1, 0.15) is 19.8 Å². The van der Waals surface area contributed by atoms with Crippen LogP contribution in [0.3, 0.4) is 0 Å². The summed E-state index contributed by atoms with van der Waals surface area (Å²) < 4.78 is 15.8. The van der Waals surface area contributed by atoms with E-state index in [9.17, 15) is 0 Å². The lowest BCUT2D eigenvalue weighted by molar-refractivity contribution is 0.0642. The SMILES string of the molecule is CCCNc1cc(OCCCOCCOC)nc(N)n1. The summed E-state index contributed by atoms with van der Waals surface area (Å²) in [5.74, 6) is 1.37. The molecule has 0 bridgehead atoms. The van der Waals surface area contributed by atoms with E-state index >= 15 is 0 Å². The molecule has 0 aliphatic carbocycles. The molecular weight excluding hydrogens is 260 g/mol. The van der Waals surface area contributed by atoms with Crippen LogP contribution in [0.2, 0.25) is 0 Å². The average Bonchev–Trinajstić information content (AvgIpc) is 2.43.